The van der Waals surface area contributed by atoms with Crippen LogP contribution in [0.1, 0.15) is 77.2 Å². The third kappa shape index (κ3) is 2.98. The van der Waals surface area contributed by atoms with E-state index in [4.69, 9.17) is 5.26 Å². The fourth-order valence-corrected chi connectivity index (χ4v) is 8.54. The lowest BCUT2D eigenvalue weighted by atomic mass is 9.44. The number of fused-ring (bicyclic) bond motifs is 5. The number of hydrogen-bond acceptors (Lipinski definition) is 4. The number of Topliss-reactive ketones (excluding diaryl/α,β-unsaturated/α-hetero) is 1. The van der Waals surface area contributed by atoms with Crippen LogP contribution in [0.5, 0.6) is 0 Å². The molecule has 0 radical (unpaired) electrons. The van der Waals surface area contributed by atoms with Gasteiger partial charge in [0.1, 0.15) is 6.07 Å². The second-order valence-electron chi connectivity index (χ2n) is 11.3. The summed E-state index contributed by atoms with van der Waals surface area (Å²) in [5, 5.41) is 23.4. The summed E-state index contributed by atoms with van der Waals surface area (Å²) in [5.41, 5.74) is 1.01. The van der Waals surface area contributed by atoms with E-state index in [0.717, 1.165) is 37.5 Å². The maximum atomic E-state index is 13.3. The van der Waals surface area contributed by atoms with Crippen molar-refractivity contribution in [3.63, 3.8) is 0 Å². The van der Waals surface area contributed by atoms with Gasteiger partial charge in [0.25, 0.3) is 0 Å². The fourth-order valence-electron chi connectivity index (χ4n) is 8.54. The molecule has 1 aromatic rings. The van der Waals surface area contributed by atoms with Crippen LogP contribution in [0.25, 0.3) is 0 Å². The zero-order chi connectivity index (χ0) is 21.1. The van der Waals surface area contributed by atoms with Crippen molar-refractivity contribution in [1.29, 1.82) is 5.26 Å². The van der Waals surface area contributed by atoms with Crippen LogP contribution in [0.3, 0.4) is 0 Å². The molecule has 0 aromatic carbocycles. The smallest absolute Gasteiger partial charge is 0.157 e. The fraction of sp³-hybridized carbons (Fsp3) is 0.800. The third-order valence-electron chi connectivity index (χ3n) is 10.1. The Morgan fingerprint density at radius 3 is 2.70 bits per heavy atom. The Hall–Kier alpha value is -1.67. The van der Waals surface area contributed by atoms with E-state index in [-0.39, 0.29) is 17.4 Å². The van der Waals surface area contributed by atoms with Gasteiger partial charge >= 0.3 is 0 Å². The molecule has 0 saturated heterocycles. The van der Waals surface area contributed by atoms with Gasteiger partial charge in [-0.15, -0.1) is 0 Å². The van der Waals surface area contributed by atoms with E-state index in [1.807, 2.05) is 0 Å². The largest absolute Gasteiger partial charge is 0.393 e. The highest BCUT2D eigenvalue weighted by molar-refractivity contribution is 5.82. The molecule has 0 aliphatic heterocycles. The molecule has 162 valence electrons. The minimum absolute atomic E-state index is 0.0918. The summed E-state index contributed by atoms with van der Waals surface area (Å²) < 4.78 is 1.64. The minimum Gasteiger partial charge on any atom is -0.393 e. The molecule has 0 spiro atoms. The number of hydrogen-bond donors (Lipinski definition) is 1. The highest BCUT2D eigenvalue weighted by atomic mass is 16.3. The number of nitriles is 1. The van der Waals surface area contributed by atoms with Crippen LogP contribution < -0.4 is 0 Å². The number of carbonyl (C=O) groups is 1. The molecule has 5 nitrogen and oxygen atoms in total. The van der Waals surface area contributed by atoms with Crippen molar-refractivity contribution in [3.05, 3.63) is 18.0 Å². The summed E-state index contributed by atoms with van der Waals surface area (Å²) in [4.78, 5) is 13.3. The Kier molecular flexibility index (Phi) is 4.85. The molecule has 8 atom stereocenters. The van der Waals surface area contributed by atoms with E-state index < -0.39 is 0 Å². The number of ketones is 1. The average Bonchev–Trinajstić information content (AvgIpc) is 3.32. The van der Waals surface area contributed by atoms with Crippen molar-refractivity contribution in [2.24, 2.45) is 40.4 Å². The highest BCUT2D eigenvalue weighted by Crippen LogP contribution is 2.67. The maximum absolute atomic E-state index is 13.3. The first-order valence-electron chi connectivity index (χ1n) is 12.0. The van der Waals surface area contributed by atoms with Crippen LogP contribution in [0.2, 0.25) is 0 Å². The molecule has 5 rings (SSSR count). The van der Waals surface area contributed by atoms with Gasteiger partial charge in [0, 0.05) is 12.1 Å². The molecule has 30 heavy (non-hydrogen) atoms. The van der Waals surface area contributed by atoms with Crippen LogP contribution in [0, 0.1) is 51.8 Å². The van der Waals surface area contributed by atoms with E-state index in [9.17, 15) is 9.90 Å². The van der Waals surface area contributed by atoms with Gasteiger partial charge in [0.2, 0.25) is 0 Å². The van der Waals surface area contributed by atoms with Crippen LogP contribution in [0.15, 0.2) is 12.4 Å². The standard InChI is InChI=1S/C25H35N3O2/c1-24-9-7-18(29)11-17(24)3-4-19-20-5-6-22(25(20,2)10-8-21(19)24)23(30)15-28-14-16(12-26)13-27-28/h13-14,17-22,29H,3-11,15H2,1-2H3/t17-,18+,19+,20+,21-,22-,24-,25+/m1/s1. The van der Waals surface area contributed by atoms with Crippen molar-refractivity contribution >= 4 is 5.78 Å². The molecular weight excluding hydrogens is 374 g/mol. The number of aliphatic hydroxyl groups excluding tert-OH is 1. The van der Waals surface area contributed by atoms with Gasteiger partial charge in [0.05, 0.1) is 24.4 Å². The molecule has 4 aliphatic carbocycles. The molecule has 5 heteroatoms. The van der Waals surface area contributed by atoms with Crippen molar-refractivity contribution < 1.29 is 9.90 Å². The molecule has 0 unspecified atom stereocenters. The molecular formula is C25H35N3O2. The van der Waals surface area contributed by atoms with Crippen LogP contribution in [-0.4, -0.2) is 26.8 Å². The summed E-state index contributed by atoms with van der Waals surface area (Å²) in [6.45, 7) is 5.21. The molecule has 0 amide bonds. The lowest BCUT2D eigenvalue weighted by Gasteiger charge is -2.60. The Balaban J connectivity index is 1.34. The van der Waals surface area contributed by atoms with Crippen molar-refractivity contribution in [1.82, 2.24) is 9.78 Å². The number of nitrogens with zero attached hydrogens (tertiary/aromatic N) is 3. The summed E-state index contributed by atoms with van der Waals surface area (Å²) in [6, 6.07) is 2.09. The van der Waals surface area contributed by atoms with Crippen molar-refractivity contribution in [2.75, 3.05) is 0 Å². The Morgan fingerprint density at radius 2 is 1.93 bits per heavy atom. The number of rotatable bonds is 3. The highest BCUT2D eigenvalue weighted by Gasteiger charge is 2.61. The van der Waals surface area contributed by atoms with Gasteiger partial charge < -0.3 is 5.11 Å². The number of carbonyl (C=O) groups excluding carboxylic acids is 1. The Bertz CT molecular complexity index is 872. The first-order chi connectivity index (χ1) is 14.3. The molecule has 4 aliphatic rings. The normalized spacial score (nSPS) is 45.1. The Morgan fingerprint density at radius 1 is 1.17 bits per heavy atom. The van der Waals surface area contributed by atoms with Gasteiger partial charge in [-0.2, -0.15) is 10.4 Å². The summed E-state index contributed by atoms with van der Waals surface area (Å²) in [5.74, 6) is 3.26. The first kappa shape index (κ1) is 20.2. The maximum Gasteiger partial charge on any atom is 0.157 e. The molecule has 0 bridgehead atoms. The van der Waals surface area contributed by atoms with Gasteiger partial charge in [-0.25, -0.2) is 0 Å². The second-order valence-corrected chi connectivity index (χ2v) is 11.3. The minimum atomic E-state index is -0.0918. The predicted molar refractivity (Wildman–Crippen MR) is 113 cm³/mol. The molecule has 4 fully saturated rings. The van der Waals surface area contributed by atoms with Crippen LogP contribution >= 0.6 is 0 Å². The van der Waals surface area contributed by atoms with E-state index in [2.05, 4.69) is 25.0 Å². The number of aliphatic hydroxyl groups is 1. The van der Waals surface area contributed by atoms with E-state index in [1.54, 1.807) is 10.9 Å². The van der Waals surface area contributed by atoms with Crippen LogP contribution in [-0.2, 0) is 11.3 Å². The van der Waals surface area contributed by atoms with Gasteiger partial charge in [-0.3, -0.25) is 9.48 Å². The number of aromatic nitrogens is 2. The topological polar surface area (TPSA) is 78.9 Å². The van der Waals surface area contributed by atoms with Gasteiger partial charge in [0.15, 0.2) is 5.78 Å². The SMILES string of the molecule is C[C@@]12CC[C@H](O)C[C@H]1CC[C@@H]1[C@H]2CC[C@]2(C)[C@@H](C(=O)Cn3cc(C#N)cn3)CC[C@@H]12. The second kappa shape index (κ2) is 7.19. The molecule has 1 heterocycles. The Labute approximate surface area is 179 Å². The van der Waals surface area contributed by atoms with E-state index in [0.29, 0.717) is 35.1 Å². The average molecular weight is 410 g/mol. The van der Waals surface area contributed by atoms with Gasteiger partial charge in [-0.05, 0) is 92.3 Å². The third-order valence-corrected chi connectivity index (χ3v) is 10.1. The molecule has 1 N–H and O–H groups in total. The summed E-state index contributed by atoms with van der Waals surface area (Å²) in [7, 11) is 0. The quantitative estimate of drug-likeness (QED) is 0.805. The molecule has 1 aromatic heterocycles. The zero-order valence-electron chi connectivity index (χ0n) is 18.4. The predicted octanol–water partition coefficient (Wildman–Crippen LogP) is 4.34. The van der Waals surface area contributed by atoms with Crippen LogP contribution in [0.4, 0.5) is 0 Å². The summed E-state index contributed by atoms with van der Waals surface area (Å²) in [6.07, 6.45) is 13.4. The van der Waals surface area contributed by atoms with Gasteiger partial charge in [-0.1, -0.05) is 13.8 Å². The summed E-state index contributed by atoms with van der Waals surface area (Å²) >= 11 is 0. The van der Waals surface area contributed by atoms with E-state index >= 15 is 0 Å². The lowest BCUT2D eigenvalue weighted by Crippen LogP contribution is -2.54. The molecule has 4 saturated carbocycles. The first-order valence-corrected chi connectivity index (χ1v) is 12.0. The lowest BCUT2D eigenvalue weighted by molar-refractivity contribution is -0.140. The van der Waals surface area contributed by atoms with Crippen molar-refractivity contribution in [3.8, 4) is 6.07 Å². The zero-order valence-corrected chi connectivity index (χ0v) is 18.4. The monoisotopic (exact) mass is 409 g/mol. The van der Waals surface area contributed by atoms with E-state index in [1.165, 1.54) is 38.3 Å². The van der Waals surface area contributed by atoms with Crippen molar-refractivity contribution in [2.45, 2.75) is 84.3 Å².